The van der Waals surface area contributed by atoms with Gasteiger partial charge in [-0.25, -0.2) is 4.68 Å². The number of carbonyl (C=O) groups is 1. The fraction of sp³-hybridized carbons (Fsp3) is 0.120. The maximum Gasteiger partial charge on any atom is 0.254 e. The molecule has 0 unspecified atom stereocenters. The highest BCUT2D eigenvalue weighted by atomic mass is 16.5. The lowest BCUT2D eigenvalue weighted by Gasteiger charge is -2.10. The van der Waals surface area contributed by atoms with E-state index in [1.807, 2.05) is 73.8 Å². The second-order valence-corrected chi connectivity index (χ2v) is 7.56. The molecule has 0 fully saturated rings. The quantitative estimate of drug-likeness (QED) is 0.439. The fourth-order valence-electron chi connectivity index (χ4n) is 3.96. The maximum absolute atomic E-state index is 12.5. The Morgan fingerprint density at radius 1 is 1.06 bits per heavy atom. The van der Waals surface area contributed by atoms with Gasteiger partial charge in [0.05, 0.1) is 5.69 Å². The smallest absolute Gasteiger partial charge is 0.254 e. The van der Waals surface area contributed by atoms with Crippen LogP contribution in [0.15, 0.2) is 72.8 Å². The Morgan fingerprint density at radius 2 is 1.81 bits per heavy atom. The first-order valence-corrected chi connectivity index (χ1v) is 10.4. The zero-order chi connectivity index (χ0) is 22.1. The average molecular weight is 425 g/mol. The summed E-state index contributed by atoms with van der Waals surface area (Å²) in [4.78, 5) is 12.5. The van der Waals surface area contributed by atoms with E-state index in [9.17, 15) is 4.79 Å². The van der Waals surface area contributed by atoms with Gasteiger partial charge in [0.25, 0.3) is 5.91 Å². The van der Waals surface area contributed by atoms with Crippen LogP contribution in [0.25, 0.3) is 16.9 Å². The number of fused-ring (bicyclic) bond motifs is 3. The van der Waals surface area contributed by atoms with E-state index in [0.717, 1.165) is 34.7 Å². The molecule has 160 valence electrons. The first-order valence-electron chi connectivity index (χ1n) is 10.4. The van der Waals surface area contributed by atoms with Gasteiger partial charge in [0.2, 0.25) is 0 Å². The van der Waals surface area contributed by atoms with Crippen molar-refractivity contribution in [1.29, 1.82) is 0 Å². The van der Waals surface area contributed by atoms with E-state index in [1.165, 1.54) is 0 Å². The normalized spacial score (nSPS) is 12.2. The third kappa shape index (κ3) is 3.54. The molecule has 0 atom stereocenters. The summed E-state index contributed by atoms with van der Waals surface area (Å²) in [7, 11) is 1.89. The molecule has 0 radical (unpaired) electrons. The highest BCUT2D eigenvalue weighted by Crippen LogP contribution is 2.35. The van der Waals surface area contributed by atoms with Crippen LogP contribution in [0.5, 0.6) is 11.5 Å². The molecular formula is C25H23N5O2. The summed E-state index contributed by atoms with van der Waals surface area (Å²) in [5, 5.41) is 11.3. The molecule has 0 saturated heterocycles. The van der Waals surface area contributed by atoms with Crippen molar-refractivity contribution >= 4 is 17.4 Å². The molecule has 7 heteroatoms. The Balaban J connectivity index is 1.56. The van der Waals surface area contributed by atoms with E-state index in [4.69, 9.17) is 15.6 Å². The molecule has 4 N–H and O–H groups in total. The minimum absolute atomic E-state index is 0.382. The van der Waals surface area contributed by atoms with Crippen molar-refractivity contribution < 1.29 is 9.53 Å². The SMILES string of the molecule is CNc1ccc2c(c1)CCNc1c(C(N)=O)c(-c3ccc(Oc4ccccc4)cc3)nn1-2. The molecule has 1 aliphatic rings. The third-order valence-electron chi connectivity index (χ3n) is 5.52. The summed E-state index contributed by atoms with van der Waals surface area (Å²) >= 11 is 0. The van der Waals surface area contributed by atoms with Crippen molar-refractivity contribution in [3.63, 3.8) is 0 Å². The number of amides is 1. The van der Waals surface area contributed by atoms with E-state index < -0.39 is 5.91 Å². The minimum Gasteiger partial charge on any atom is -0.457 e. The summed E-state index contributed by atoms with van der Waals surface area (Å²) in [5.74, 6) is 1.56. The van der Waals surface area contributed by atoms with Crippen LogP contribution >= 0.6 is 0 Å². The zero-order valence-corrected chi connectivity index (χ0v) is 17.6. The van der Waals surface area contributed by atoms with Crippen molar-refractivity contribution in [2.24, 2.45) is 5.73 Å². The van der Waals surface area contributed by atoms with Crippen LogP contribution < -0.4 is 21.1 Å². The predicted octanol–water partition coefficient (Wildman–Crippen LogP) is 4.44. The Hall–Kier alpha value is -4.26. The number of benzene rings is 3. The highest BCUT2D eigenvalue weighted by Gasteiger charge is 2.26. The van der Waals surface area contributed by atoms with Crippen LogP contribution in [0.1, 0.15) is 15.9 Å². The second-order valence-electron chi connectivity index (χ2n) is 7.56. The van der Waals surface area contributed by atoms with E-state index in [-0.39, 0.29) is 0 Å². The van der Waals surface area contributed by atoms with Crippen molar-refractivity contribution in [2.45, 2.75) is 6.42 Å². The Labute approximate surface area is 185 Å². The molecule has 0 bridgehead atoms. The van der Waals surface area contributed by atoms with Crippen LogP contribution in [-0.2, 0) is 6.42 Å². The lowest BCUT2D eigenvalue weighted by molar-refractivity contribution is 0.100. The molecule has 32 heavy (non-hydrogen) atoms. The summed E-state index contributed by atoms with van der Waals surface area (Å²) in [6.45, 7) is 0.676. The molecular weight excluding hydrogens is 402 g/mol. The average Bonchev–Trinajstić information content (AvgIpc) is 3.10. The minimum atomic E-state index is -0.520. The number of primary amides is 1. The number of nitrogens with zero attached hydrogens (tertiary/aromatic N) is 2. The summed E-state index contributed by atoms with van der Waals surface area (Å²) < 4.78 is 7.66. The van der Waals surface area contributed by atoms with Gasteiger partial charge in [0, 0.05) is 24.8 Å². The van der Waals surface area contributed by atoms with Gasteiger partial charge in [-0.05, 0) is 66.6 Å². The van der Waals surface area contributed by atoms with Crippen LogP contribution in [-0.4, -0.2) is 29.3 Å². The first kappa shape index (κ1) is 19.7. The van der Waals surface area contributed by atoms with Gasteiger partial charge in [-0.3, -0.25) is 4.79 Å². The number of nitrogens with two attached hydrogens (primary N) is 1. The van der Waals surface area contributed by atoms with Crippen molar-refractivity contribution in [3.8, 4) is 28.4 Å². The molecule has 7 nitrogen and oxygen atoms in total. The number of hydrogen-bond acceptors (Lipinski definition) is 5. The molecule has 5 rings (SSSR count). The number of ether oxygens (including phenoxy) is 1. The van der Waals surface area contributed by atoms with E-state index >= 15 is 0 Å². The van der Waals surface area contributed by atoms with Gasteiger partial charge in [0.1, 0.15) is 28.6 Å². The molecule has 0 saturated carbocycles. The number of anilines is 2. The third-order valence-corrected chi connectivity index (χ3v) is 5.52. The number of rotatable bonds is 5. The van der Waals surface area contributed by atoms with Crippen molar-refractivity contribution in [2.75, 3.05) is 24.2 Å². The van der Waals surface area contributed by atoms with E-state index in [2.05, 4.69) is 16.7 Å². The van der Waals surface area contributed by atoms with Crippen LogP contribution in [0.2, 0.25) is 0 Å². The number of carbonyl (C=O) groups excluding carboxylic acids is 1. The lowest BCUT2D eigenvalue weighted by atomic mass is 10.1. The summed E-state index contributed by atoms with van der Waals surface area (Å²) in [6, 6.07) is 23.2. The Kier molecular flexibility index (Phi) is 4.99. The largest absolute Gasteiger partial charge is 0.457 e. The van der Waals surface area contributed by atoms with Crippen LogP contribution in [0, 0.1) is 0 Å². The summed E-state index contributed by atoms with van der Waals surface area (Å²) in [5.41, 5.74) is 10.6. The number of nitrogens with one attached hydrogen (secondary N) is 2. The Morgan fingerprint density at radius 3 is 2.53 bits per heavy atom. The number of hydrogen-bond donors (Lipinski definition) is 3. The molecule has 2 heterocycles. The Bertz CT molecular complexity index is 1280. The molecule has 1 aromatic heterocycles. The van der Waals surface area contributed by atoms with E-state index in [0.29, 0.717) is 29.4 Å². The van der Waals surface area contributed by atoms with Crippen molar-refractivity contribution in [1.82, 2.24) is 9.78 Å². The van der Waals surface area contributed by atoms with Gasteiger partial charge in [-0.2, -0.15) is 5.10 Å². The first-order chi connectivity index (χ1) is 15.6. The van der Waals surface area contributed by atoms with E-state index in [1.54, 1.807) is 4.68 Å². The molecule has 1 amide bonds. The maximum atomic E-state index is 12.5. The van der Waals surface area contributed by atoms with Gasteiger partial charge in [-0.15, -0.1) is 0 Å². The second kappa shape index (κ2) is 8.11. The van der Waals surface area contributed by atoms with Crippen LogP contribution in [0.4, 0.5) is 11.5 Å². The van der Waals surface area contributed by atoms with Gasteiger partial charge in [0.15, 0.2) is 0 Å². The molecule has 0 aliphatic carbocycles. The molecule has 3 aromatic carbocycles. The summed E-state index contributed by atoms with van der Waals surface area (Å²) in [6.07, 6.45) is 0.813. The molecule has 4 aromatic rings. The standard InChI is InChI=1S/C25H23N5O2/c1-27-18-9-12-21-17(15-18)13-14-28-25-22(24(26)31)23(29-30(21)25)16-7-10-20(11-8-16)32-19-5-3-2-4-6-19/h2-12,15,27-28H,13-14H2,1H3,(H2,26,31). The highest BCUT2D eigenvalue weighted by molar-refractivity contribution is 6.04. The van der Waals surface area contributed by atoms with Gasteiger partial charge >= 0.3 is 0 Å². The van der Waals surface area contributed by atoms with Crippen molar-refractivity contribution in [3.05, 3.63) is 83.9 Å². The molecule has 0 spiro atoms. The number of aromatic nitrogens is 2. The van der Waals surface area contributed by atoms with Gasteiger partial charge < -0.3 is 21.1 Å². The lowest BCUT2D eigenvalue weighted by Crippen LogP contribution is -2.15. The predicted molar refractivity (Wildman–Crippen MR) is 126 cm³/mol. The monoisotopic (exact) mass is 425 g/mol. The molecule has 1 aliphatic heterocycles. The van der Waals surface area contributed by atoms with Crippen LogP contribution in [0.3, 0.4) is 0 Å². The number of para-hydroxylation sites is 1. The fourth-order valence-corrected chi connectivity index (χ4v) is 3.96. The topological polar surface area (TPSA) is 94.2 Å². The van der Waals surface area contributed by atoms with Gasteiger partial charge in [-0.1, -0.05) is 18.2 Å². The zero-order valence-electron chi connectivity index (χ0n) is 17.6.